The number of nitrogens with one attached hydrogen (secondary N) is 1. The molecule has 1 heterocycles. The van der Waals surface area contributed by atoms with Gasteiger partial charge in [0.15, 0.2) is 0 Å². The van der Waals surface area contributed by atoms with Gasteiger partial charge in [-0.2, -0.15) is 0 Å². The standard InChI is InChI=1S/C24H18N2O2S/c1-2-17-9-6-10-20(13-17)26(15-18-7-4-3-5-8-18)24(28)19-11-12-21-22(14-19)29-16-23(27)25-21/h1,3-14H,15-16H2,(H,25,27). The smallest absolute Gasteiger partial charge is 0.258 e. The molecule has 4 rings (SSSR count). The number of carbonyl (C=O) groups excluding carboxylic acids is 2. The van der Waals surface area contributed by atoms with E-state index >= 15 is 0 Å². The molecular formula is C24H18N2O2S. The van der Waals surface area contributed by atoms with Gasteiger partial charge in [-0.05, 0) is 42.0 Å². The summed E-state index contributed by atoms with van der Waals surface area (Å²) in [6.07, 6.45) is 5.56. The summed E-state index contributed by atoms with van der Waals surface area (Å²) >= 11 is 1.44. The minimum Gasteiger partial charge on any atom is -0.324 e. The van der Waals surface area contributed by atoms with Gasteiger partial charge in [0.05, 0.1) is 18.0 Å². The average molecular weight is 398 g/mol. The van der Waals surface area contributed by atoms with Crippen LogP contribution in [0.25, 0.3) is 0 Å². The van der Waals surface area contributed by atoms with Crippen molar-refractivity contribution in [2.45, 2.75) is 11.4 Å². The molecule has 0 aliphatic carbocycles. The highest BCUT2D eigenvalue weighted by Crippen LogP contribution is 2.33. The lowest BCUT2D eigenvalue weighted by Gasteiger charge is -2.24. The Kier molecular flexibility index (Phi) is 5.37. The van der Waals surface area contributed by atoms with E-state index in [0.717, 1.165) is 27.4 Å². The number of benzene rings is 3. The number of terminal acetylenes is 1. The number of fused-ring (bicyclic) bond motifs is 1. The molecule has 142 valence electrons. The zero-order valence-electron chi connectivity index (χ0n) is 15.6. The number of hydrogen-bond acceptors (Lipinski definition) is 3. The van der Waals surface area contributed by atoms with Crippen molar-refractivity contribution >= 4 is 35.0 Å². The molecule has 0 bridgehead atoms. The Bertz CT molecular complexity index is 1120. The fraction of sp³-hybridized carbons (Fsp3) is 0.0833. The van der Waals surface area contributed by atoms with E-state index in [1.165, 1.54) is 11.8 Å². The van der Waals surface area contributed by atoms with Gasteiger partial charge in [0.2, 0.25) is 5.91 Å². The molecule has 1 aliphatic heterocycles. The molecule has 3 aromatic rings. The summed E-state index contributed by atoms with van der Waals surface area (Å²) in [4.78, 5) is 27.7. The van der Waals surface area contributed by atoms with Crippen molar-refractivity contribution in [3.63, 3.8) is 0 Å². The minimum atomic E-state index is -0.122. The van der Waals surface area contributed by atoms with E-state index in [4.69, 9.17) is 6.42 Å². The molecule has 5 heteroatoms. The maximum Gasteiger partial charge on any atom is 0.258 e. The molecule has 0 saturated carbocycles. The maximum absolute atomic E-state index is 13.5. The minimum absolute atomic E-state index is 0.0293. The quantitative estimate of drug-likeness (QED) is 0.656. The molecule has 0 saturated heterocycles. The number of nitrogens with zero attached hydrogens (tertiary/aromatic N) is 1. The Morgan fingerprint density at radius 2 is 1.90 bits per heavy atom. The normalized spacial score (nSPS) is 12.4. The van der Waals surface area contributed by atoms with Crippen LogP contribution in [0.4, 0.5) is 11.4 Å². The molecule has 2 amide bonds. The van der Waals surface area contributed by atoms with Crippen LogP contribution in [0.2, 0.25) is 0 Å². The van der Waals surface area contributed by atoms with E-state index in [1.807, 2.05) is 60.7 Å². The van der Waals surface area contributed by atoms with Crippen LogP contribution < -0.4 is 10.2 Å². The van der Waals surface area contributed by atoms with Crippen molar-refractivity contribution < 1.29 is 9.59 Å². The van der Waals surface area contributed by atoms with Gasteiger partial charge in [-0.15, -0.1) is 18.2 Å². The van der Waals surface area contributed by atoms with E-state index in [-0.39, 0.29) is 11.8 Å². The van der Waals surface area contributed by atoms with Crippen LogP contribution in [0.15, 0.2) is 77.7 Å². The highest BCUT2D eigenvalue weighted by atomic mass is 32.2. The number of carbonyl (C=O) groups is 2. The van der Waals surface area contributed by atoms with Crippen molar-refractivity contribution in [1.29, 1.82) is 0 Å². The Morgan fingerprint density at radius 1 is 1.07 bits per heavy atom. The van der Waals surface area contributed by atoms with Crippen LogP contribution in [0, 0.1) is 12.3 Å². The first-order chi connectivity index (χ1) is 14.1. The highest BCUT2D eigenvalue weighted by Gasteiger charge is 2.22. The molecule has 1 aliphatic rings. The van der Waals surface area contributed by atoms with Crippen molar-refractivity contribution in [2.24, 2.45) is 0 Å². The summed E-state index contributed by atoms with van der Waals surface area (Å²) in [7, 11) is 0. The summed E-state index contributed by atoms with van der Waals surface area (Å²) in [5.74, 6) is 2.83. The van der Waals surface area contributed by atoms with Crippen LogP contribution in [0.5, 0.6) is 0 Å². The van der Waals surface area contributed by atoms with Gasteiger partial charge in [0.25, 0.3) is 5.91 Å². The van der Waals surface area contributed by atoms with Crippen LogP contribution in [0.1, 0.15) is 21.5 Å². The van der Waals surface area contributed by atoms with Crippen LogP contribution >= 0.6 is 11.8 Å². The molecule has 1 N–H and O–H groups in total. The first kappa shape index (κ1) is 18.9. The number of thioether (sulfide) groups is 1. The average Bonchev–Trinajstić information content (AvgIpc) is 2.77. The fourth-order valence-electron chi connectivity index (χ4n) is 3.17. The van der Waals surface area contributed by atoms with Crippen molar-refractivity contribution in [3.8, 4) is 12.3 Å². The number of rotatable bonds is 4. The second kappa shape index (κ2) is 8.26. The highest BCUT2D eigenvalue weighted by molar-refractivity contribution is 8.00. The van der Waals surface area contributed by atoms with E-state index in [1.54, 1.807) is 17.0 Å². The van der Waals surface area contributed by atoms with Crippen LogP contribution in [0.3, 0.4) is 0 Å². The molecule has 0 radical (unpaired) electrons. The van der Waals surface area contributed by atoms with E-state index in [0.29, 0.717) is 17.9 Å². The monoisotopic (exact) mass is 398 g/mol. The van der Waals surface area contributed by atoms with Gasteiger partial charge in [0.1, 0.15) is 0 Å². The van der Waals surface area contributed by atoms with Crippen molar-refractivity contribution in [2.75, 3.05) is 16.0 Å². The Labute approximate surface area is 173 Å². The van der Waals surface area contributed by atoms with E-state index in [2.05, 4.69) is 11.2 Å². The van der Waals surface area contributed by atoms with Gasteiger partial charge in [-0.25, -0.2) is 0 Å². The molecule has 0 spiro atoms. The molecule has 0 aromatic heterocycles. The lowest BCUT2D eigenvalue weighted by molar-refractivity contribution is -0.113. The van der Waals surface area contributed by atoms with Crippen molar-refractivity contribution in [3.05, 3.63) is 89.5 Å². The van der Waals surface area contributed by atoms with E-state index < -0.39 is 0 Å². The Hall–Kier alpha value is -3.49. The Balaban J connectivity index is 1.71. The third-order valence-corrected chi connectivity index (χ3v) is 5.67. The predicted molar refractivity (Wildman–Crippen MR) is 117 cm³/mol. The summed E-state index contributed by atoms with van der Waals surface area (Å²) in [5.41, 5.74) is 3.79. The van der Waals surface area contributed by atoms with Gasteiger partial charge in [-0.3, -0.25) is 9.59 Å². The van der Waals surface area contributed by atoms with E-state index in [9.17, 15) is 9.59 Å². The lowest BCUT2D eigenvalue weighted by atomic mass is 10.1. The molecule has 0 unspecified atom stereocenters. The predicted octanol–water partition coefficient (Wildman–Crippen LogP) is 4.56. The lowest BCUT2D eigenvalue weighted by Crippen LogP contribution is -2.30. The summed E-state index contributed by atoms with van der Waals surface area (Å²) in [5, 5.41) is 2.84. The zero-order chi connectivity index (χ0) is 20.2. The summed E-state index contributed by atoms with van der Waals surface area (Å²) in [6, 6.07) is 22.6. The third-order valence-electron chi connectivity index (χ3n) is 4.61. The number of anilines is 2. The first-order valence-electron chi connectivity index (χ1n) is 9.13. The SMILES string of the molecule is C#Cc1cccc(N(Cc2ccccc2)C(=O)c2ccc3c(c2)SCC(=O)N3)c1. The number of hydrogen-bond donors (Lipinski definition) is 1. The second-order valence-corrected chi connectivity index (χ2v) is 7.64. The largest absolute Gasteiger partial charge is 0.324 e. The summed E-state index contributed by atoms with van der Waals surface area (Å²) < 4.78 is 0. The van der Waals surface area contributed by atoms with Gasteiger partial charge >= 0.3 is 0 Å². The van der Waals surface area contributed by atoms with Gasteiger partial charge in [-0.1, -0.05) is 42.3 Å². The molecule has 4 nitrogen and oxygen atoms in total. The van der Waals surface area contributed by atoms with Crippen molar-refractivity contribution in [1.82, 2.24) is 0 Å². The summed E-state index contributed by atoms with van der Waals surface area (Å²) in [6.45, 7) is 0.425. The number of amides is 2. The molecule has 29 heavy (non-hydrogen) atoms. The van der Waals surface area contributed by atoms with Crippen LogP contribution in [-0.4, -0.2) is 17.6 Å². The fourth-order valence-corrected chi connectivity index (χ4v) is 4.02. The molecule has 0 fully saturated rings. The third kappa shape index (κ3) is 4.18. The zero-order valence-corrected chi connectivity index (χ0v) is 16.4. The van der Waals surface area contributed by atoms with Crippen LogP contribution in [-0.2, 0) is 11.3 Å². The first-order valence-corrected chi connectivity index (χ1v) is 10.1. The van der Waals surface area contributed by atoms with Gasteiger partial charge < -0.3 is 10.2 Å². The maximum atomic E-state index is 13.5. The topological polar surface area (TPSA) is 49.4 Å². The Morgan fingerprint density at radius 3 is 2.69 bits per heavy atom. The molecule has 3 aromatic carbocycles. The second-order valence-electron chi connectivity index (χ2n) is 6.62. The van der Waals surface area contributed by atoms with Gasteiger partial charge in [0, 0.05) is 21.7 Å². The molecular weight excluding hydrogens is 380 g/mol. The molecule has 0 atom stereocenters.